The number of nitrogens with zero attached hydrogens (tertiary/aromatic N) is 7. The molecule has 65 heavy (non-hydrogen) atoms. The Morgan fingerprint density at radius 2 is 1.03 bits per heavy atom. The van der Waals surface area contributed by atoms with Crippen LogP contribution in [0.15, 0.2) is 115 Å². The third-order valence-electron chi connectivity index (χ3n) is 10.3. The average molecular weight is 945 g/mol. The van der Waals surface area contributed by atoms with Gasteiger partial charge < -0.3 is 4.74 Å². The second-order valence-electron chi connectivity index (χ2n) is 14.5. The predicted octanol–water partition coefficient (Wildman–Crippen LogP) is 14.3. The van der Waals surface area contributed by atoms with Gasteiger partial charge in [0.05, 0.1) is 35.4 Å². The Balaban J connectivity index is 0.000000146. The second kappa shape index (κ2) is 20.2. The lowest BCUT2D eigenvalue weighted by Gasteiger charge is -2.17. The maximum Gasteiger partial charge on any atom is 0.417 e. The number of hydrogen-bond donors (Lipinski definition) is 0. The van der Waals surface area contributed by atoms with Gasteiger partial charge in [0.15, 0.2) is 17.5 Å². The first-order chi connectivity index (χ1) is 31.2. The number of ether oxygens (including phenoxy) is 1. The van der Waals surface area contributed by atoms with Crippen molar-refractivity contribution in [2.45, 2.75) is 50.9 Å². The van der Waals surface area contributed by atoms with Gasteiger partial charge in [-0.1, -0.05) is 114 Å². The quantitative estimate of drug-likeness (QED) is 0.127. The van der Waals surface area contributed by atoms with E-state index in [1.54, 1.807) is 30.3 Å². The molecule has 17 heteroatoms. The molecule has 8 aromatic rings. The molecule has 3 heterocycles. The molecule has 1 aliphatic carbocycles. The van der Waals surface area contributed by atoms with Crippen LogP contribution in [0.25, 0.3) is 56.0 Å². The molecule has 0 bridgehead atoms. The summed E-state index contributed by atoms with van der Waals surface area (Å²) in [7, 11) is 1.45. The molecule has 8 nitrogen and oxygen atoms in total. The number of hydrogen-bond acceptors (Lipinski definition) is 8. The van der Waals surface area contributed by atoms with Gasteiger partial charge in [0, 0.05) is 38.7 Å². The van der Waals surface area contributed by atoms with Gasteiger partial charge >= 0.3 is 12.4 Å². The van der Waals surface area contributed by atoms with Crippen molar-refractivity contribution < 1.29 is 31.1 Å². The van der Waals surface area contributed by atoms with E-state index in [-0.39, 0.29) is 33.1 Å². The second-order valence-corrected chi connectivity index (χ2v) is 15.5. The minimum absolute atomic E-state index is 0.0215. The molecule has 330 valence electrons. The number of benzene rings is 5. The normalized spacial score (nSPS) is 12.7. The van der Waals surface area contributed by atoms with E-state index in [1.165, 1.54) is 37.4 Å². The molecule has 9 rings (SSSR count). The summed E-state index contributed by atoms with van der Waals surface area (Å²) in [6.45, 7) is 0. The van der Waals surface area contributed by atoms with Gasteiger partial charge in [0.1, 0.15) is 26.7 Å². The van der Waals surface area contributed by atoms with Crippen LogP contribution in [0.5, 0.6) is 5.75 Å². The monoisotopic (exact) mass is 943 g/mol. The Hall–Kier alpha value is -6.40. The predicted molar refractivity (Wildman–Crippen MR) is 240 cm³/mol. The molecule has 0 fully saturated rings. The molecule has 0 atom stereocenters. The van der Waals surface area contributed by atoms with Gasteiger partial charge in [-0.2, -0.15) is 31.6 Å². The van der Waals surface area contributed by atoms with Crippen LogP contribution >= 0.6 is 34.8 Å². The van der Waals surface area contributed by atoms with E-state index in [2.05, 4.69) is 36.0 Å². The van der Waals surface area contributed by atoms with Crippen LogP contribution in [0.4, 0.5) is 26.3 Å². The zero-order valence-electron chi connectivity index (χ0n) is 34.2. The summed E-state index contributed by atoms with van der Waals surface area (Å²) >= 11 is 18.6. The van der Waals surface area contributed by atoms with Crippen molar-refractivity contribution in [2.24, 2.45) is 0 Å². The first-order valence-electron chi connectivity index (χ1n) is 20.0. The lowest BCUT2D eigenvalue weighted by Crippen LogP contribution is -2.10. The summed E-state index contributed by atoms with van der Waals surface area (Å²) in [5, 5.41) is 11.2. The van der Waals surface area contributed by atoms with Crippen LogP contribution < -0.4 is 4.74 Å². The number of methoxy groups -OCH3 is 1. The van der Waals surface area contributed by atoms with Crippen LogP contribution in [0.3, 0.4) is 0 Å². The van der Waals surface area contributed by atoms with Crippen LogP contribution in [0, 0.1) is 11.3 Å². The minimum atomic E-state index is -4.51. The molecule has 0 N–H and O–H groups in total. The van der Waals surface area contributed by atoms with E-state index < -0.39 is 23.5 Å². The molecule has 3 aromatic heterocycles. The van der Waals surface area contributed by atoms with Gasteiger partial charge in [-0.25, -0.2) is 29.9 Å². The van der Waals surface area contributed by atoms with Gasteiger partial charge in [-0.05, 0) is 74.2 Å². The molecular weight excluding hydrogens is 911 g/mol. The fourth-order valence-corrected chi connectivity index (χ4v) is 7.94. The van der Waals surface area contributed by atoms with Gasteiger partial charge in [-0.15, -0.1) is 0 Å². The first-order valence-corrected chi connectivity index (χ1v) is 21.1. The molecule has 0 radical (unpaired) electrons. The summed E-state index contributed by atoms with van der Waals surface area (Å²) in [6.07, 6.45) is -3.22. The maximum absolute atomic E-state index is 13.2. The zero-order chi connectivity index (χ0) is 46.3. The van der Waals surface area contributed by atoms with Crippen molar-refractivity contribution in [3.05, 3.63) is 159 Å². The third kappa shape index (κ3) is 10.8. The summed E-state index contributed by atoms with van der Waals surface area (Å²) in [5.74, 6) is 0.848. The smallest absolute Gasteiger partial charge is 0.417 e. The molecule has 5 aromatic carbocycles. The molecule has 0 spiro atoms. The fourth-order valence-electron chi connectivity index (χ4n) is 7.18. The number of nitriles is 1. The highest BCUT2D eigenvalue weighted by molar-refractivity contribution is 6.34. The number of alkyl halides is 6. The van der Waals surface area contributed by atoms with E-state index in [1.807, 2.05) is 42.5 Å². The molecule has 0 aliphatic heterocycles. The maximum atomic E-state index is 13.2. The number of rotatable bonds is 4. The molecule has 0 saturated heterocycles. The Kier molecular flexibility index (Phi) is 14.5. The number of fused-ring (bicyclic) bond motifs is 3. The van der Waals surface area contributed by atoms with Crippen molar-refractivity contribution in [1.29, 1.82) is 5.26 Å². The number of para-hydroxylation sites is 2. The van der Waals surface area contributed by atoms with E-state index in [0.29, 0.717) is 38.8 Å². The highest BCUT2D eigenvalue weighted by atomic mass is 35.5. The summed E-state index contributed by atoms with van der Waals surface area (Å²) in [4.78, 5) is 25.6. The van der Waals surface area contributed by atoms with Crippen molar-refractivity contribution in [2.75, 3.05) is 7.11 Å². The van der Waals surface area contributed by atoms with Crippen molar-refractivity contribution in [3.8, 4) is 46.0 Å². The Bertz CT molecular complexity index is 3050. The van der Waals surface area contributed by atoms with Crippen molar-refractivity contribution >= 4 is 56.6 Å². The number of aryl methyl sites for hydroxylation is 1. The number of aromatic nitrogens is 6. The highest BCUT2D eigenvalue weighted by Crippen LogP contribution is 2.39. The Labute approximate surface area is 383 Å². The van der Waals surface area contributed by atoms with Crippen LogP contribution in [-0.4, -0.2) is 37.0 Å². The van der Waals surface area contributed by atoms with Crippen molar-refractivity contribution in [3.63, 3.8) is 0 Å². The van der Waals surface area contributed by atoms with Crippen LogP contribution in [0.1, 0.15) is 53.6 Å². The van der Waals surface area contributed by atoms with Gasteiger partial charge in [0.25, 0.3) is 0 Å². The van der Waals surface area contributed by atoms with E-state index >= 15 is 0 Å². The van der Waals surface area contributed by atoms with E-state index in [9.17, 15) is 26.3 Å². The van der Waals surface area contributed by atoms with Gasteiger partial charge in [-0.3, -0.25) is 0 Å². The third-order valence-corrected chi connectivity index (χ3v) is 11.2. The zero-order valence-corrected chi connectivity index (χ0v) is 36.4. The summed E-state index contributed by atoms with van der Waals surface area (Å²) in [6, 6.07) is 32.4. The standard InChI is InChI=1S/C17H16ClF3N2.C16H10ClF3N2O.C15H8ClN3/c18-15-12-8-3-1-2-4-10-14(12)22-16(23-15)11-7-5-6-9-13(11)17(19,20)21;1-23-12-8-4-6-10-13(12)21-15(22-14(10)17)9-5-2-3-7-11(9)16(18,19)20;16-14-12-7-3-4-8-13(12)18-15(19-14)11-6-2-1-5-10(11)9-17/h5-7,9H,1-4,8,10H2;2-8H,1H3;1-8H. The lowest BCUT2D eigenvalue weighted by molar-refractivity contribution is -0.137. The topological polar surface area (TPSA) is 110 Å². The minimum Gasteiger partial charge on any atom is -0.494 e. The lowest BCUT2D eigenvalue weighted by atomic mass is 9.98. The Morgan fingerprint density at radius 3 is 1.66 bits per heavy atom. The van der Waals surface area contributed by atoms with Crippen molar-refractivity contribution in [1.82, 2.24) is 29.9 Å². The van der Waals surface area contributed by atoms with Crippen LogP contribution in [0.2, 0.25) is 15.5 Å². The SMILES string of the molecule is COc1cccc2c(Cl)nc(-c3ccccc3C(F)(F)F)nc12.FC(F)(F)c1ccccc1-c1nc(Cl)c2c(n1)CCCCCC2.N#Cc1ccccc1-c1nc(Cl)c2ccccc2n1. The van der Waals surface area contributed by atoms with Gasteiger partial charge in [0.2, 0.25) is 0 Å². The first kappa shape index (κ1) is 46.6. The van der Waals surface area contributed by atoms with E-state index in [0.717, 1.165) is 72.8 Å². The molecule has 0 unspecified atom stereocenters. The molecule has 0 saturated carbocycles. The molecule has 0 amide bonds. The summed E-state index contributed by atoms with van der Waals surface area (Å²) < 4.78 is 84.4. The largest absolute Gasteiger partial charge is 0.494 e. The fraction of sp³-hybridized carbons (Fsp3) is 0.188. The Morgan fingerprint density at radius 1 is 0.523 bits per heavy atom. The highest BCUT2D eigenvalue weighted by Gasteiger charge is 2.35. The molecular formula is C48H34Cl3F6N7O. The average Bonchev–Trinajstić information content (AvgIpc) is 3.29. The number of halogens is 9. The van der Waals surface area contributed by atoms with E-state index in [4.69, 9.17) is 44.8 Å². The summed E-state index contributed by atoms with van der Waals surface area (Å²) in [5.41, 5.74) is 2.34. The molecule has 1 aliphatic rings. The van der Waals surface area contributed by atoms with Crippen LogP contribution in [-0.2, 0) is 25.2 Å².